The van der Waals surface area contributed by atoms with E-state index >= 15 is 0 Å². The predicted octanol–water partition coefficient (Wildman–Crippen LogP) is 3.31. The van der Waals surface area contributed by atoms with Gasteiger partial charge in [0, 0.05) is 24.7 Å². The molecule has 0 atom stereocenters. The molecular formula is C20H20N6. The van der Waals surface area contributed by atoms with Crippen LogP contribution in [0.15, 0.2) is 42.7 Å². The van der Waals surface area contributed by atoms with Gasteiger partial charge in [0.25, 0.3) is 0 Å². The van der Waals surface area contributed by atoms with Crippen LogP contribution in [0.1, 0.15) is 42.0 Å². The van der Waals surface area contributed by atoms with Gasteiger partial charge < -0.3 is 4.57 Å². The third-order valence-corrected chi connectivity index (χ3v) is 4.62. The van der Waals surface area contributed by atoms with Crippen LogP contribution in [0, 0.1) is 11.3 Å². The van der Waals surface area contributed by atoms with Gasteiger partial charge in [-0.05, 0) is 24.5 Å². The van der Waals surface area contributed by atoms with Gasteiger partial charge >= 0.3 is 0 Å². The molecule has 0 aliphatic carbocycles. The smallest absolute Gasteiger partial charge is 0.174 e. The van der Waals surface area contributed by atoms with E-state index in [4.69, 9.17) is 0 Å². The second kappa shape index (κ2) is 7.36. The second-order valence-electron chi connectivity index (χ2n) is 6.53. The van der Waals surface area contributed by atoms with Gasteiger partial charge in [-0.1, -0.05) is 36.8 Å². The summed E-state index contributed by atoms with van der Waals surface area (Å²) in [5.41, 5.74) is 2.61. The average molecular weight is 344 g/mol. The lowest BCUT2D eigenvalue weighted by molar-refractivity contribution is 0.627. The first-order valence-corrected chi connectivity index (χ1v) is 8.94. The molecular weight excluding hydrogens is 324 g/mol. The van der Waals surface area contributed by atoms with Crippen LogP contribution in [0.5, 0.6) is 0 Å². The number of aryl methyl sites for hydroxylation is 1. The normalized spacial score (nSPS) is 14.5. The standard InChI is InChI=1S/C20H20N6/c21-12-18(20-24-23-19-9-5-2-6-10-26(19)20)11-17-13-22-25(15-17)14-16-7-3-1-4-8-16/h1,3-4,7-8,11,13,15H,2,5-6,9-10,14H2. The van der Waals surface area contributed by atoms with Crippen molar-refractivity contribution in [1.29, 1.82) is 5.26 Å². The molecule has 0 spiro atoms. The highest BCUT2D eigenvalue weighted by molar-refractivity contribution is 5.86. The van der Waals surface area contributed by atoms with E-state index < -0.39 is 0 Å². The summed E-state index contributed by atoms with van der Waals surface area (Å²) in [6.07, 6.45) is 9.93. The van der Waals surface area contributed by atoms with Crippen LogP contribution >= 0.6 is 0 Å². The molecule has 1 aliphatic rings. The Labute approximate surface area is 152 Å². The zero-order chi connectivity index (χ0) is 17.8. The van der Waals surface area contributed by atoms with Crippen LogP contribution in [-0.4, -0.2) is 24.5 Å². The van der Waals surface area contributed by atoms with Gasteiger partial charge in [-0.15, -0.1) is 10.2 Å². The largest absolute Gasteiger partial charge is 0.310 e. The first-order chi connectivity index (χ1) is 12.8. The average Bonchev–Trinajstić information content (AvgIpc) is 3.20. The van der Waals surface area contributed by atoms with E-state index in [1.165, 1.54) is 12.0 Å². The molecule has 0 radical (unpaired) electrons. The number of allylic oxidation sites excluding steroid dienone is 1. The third kappa shape index (κ3) is 3.42. The zero-order valence-electron chi connectivity index (χ0n) is 14.5. The van der Waals surface area contributed by atoms with Gasteiger partial charge in [0.2, 0.25) is 0 Å². The summed E-state index contributed by atoms with van der Waals surface area (Å²) in [6.45, 7) is 1.58. The first kappa shape index (κ1) is 16.3. The molecule has 0 N–H and O–H groups in total. The van der Waals surface area contributed by atoms with E-state index in [0.717, 1.165) is 37.2 Å². The minimum Gasteiger partial charge on any atom is -0.310 e. The molecule has 0 saturated carbocycles. The van der Waals surface area contributed by atoms with Crippen molar-refractivity contribution in [3.05, 3.63) is 65.5 Å². The van der Waals surface area contributed by atoms with Crippen molar-refractivity contribution in [3.63, 3.8) is 0 Å². The molecule has 0 amide bonds. The molecule has 3 heterocycles. The number of benzene rings is 1. The first-order valence-electron chi connectivity index (χ1n) is 8.94. The van der Waals surface area contributed by atoms with Gasteiger partial charge in [-0.3, -0.25) is 4.68 Å². The lowest BCUT2D eigenvalue weighted by Crippen LogP contribution is -2.05. The number of fused-ring (bicyclic) bond motifs is 1. The van der Waals surface area contributed by atoms with Gasteiger partial charge in [0.05, 0.1) is 18.3 Å². The predicted molar refractivity (Wildman–Crippen MR) is 98.8 cm³/mol. The number of rotatable bonds is 4. The highest BCUT2D eigenvalue weighted by Gasteiger charge is 2.17. The Morgan fingerprint density at radius 3 is 2.88 bits per heavy atom. The van der Waals surface area contributed by atoms with Crippen molar-refractivity contribution < 1.29 is 0 Å². The maximum absolute atomic E-state index is 9.65. The van der Waals surface area contributed by atoms with Gasteiger partial charge in [-0.25, -0.2) is 0 Å². The molecule has 130 valence electrons. The number of nitriles is 1. The molecule has 4 rings (SSSR count). The fraction of sp³-hybridized carbons (Fsp3) is 0.300. The third-order valence-electron chi connectivity index (χ3n) is 4.62. The van der Waals surface area contributed by atoms with Crippen LogP contribution in [0.4, 0.5) is 0 Å². The maximum atomic E-state index is 9.65. The lowest BCUT2D eigenvalue weighted by Gasteiger charge is -2.05. The summed E-state index contributed by atoms with van der Waals surface area (Å²) in [5.74, 6) is 1.65. The monoisotopic (exact) mass is 344 g/mol. The van der Waals surface area contributed by atoms with Crippen molar-refractivity contribution in [2.45, 2.75) is 38.8 Å². The Balaban J connectivity index is 1.59. The minimum atomic E-state index is 0.532. The fourth-order valence-corrected chi connectivity index (χ4v) is 3.31. The summed E-state index contributed by atoms with van der Waals surface area (Å²) in [4.78, 5) is 0. The second-order valence-corrected chi connectivity index (χ2v) is 6.53. The van der Waals surface area contributed by atoms with Gasteiger partial charge in [0.15, 0.2) is 5.82 Å². The van der Waals surface area contributed by atoms with Gasteiger partial charge in [-0.2, -0.15) is 10.4 Å². The molecule has 1 aliphatic heterocycles. The van der Waals surface area contributed by atoms with E-state index in [1.807, 2.05) is 35.2 Å². The Hall–Kier alpha value is -3.20. The molecule has 3 aromatic rings. The Morgan fingerprint density at radius 2 is 2.04 bits per heavy atom. The van der Waals surface area contributed by atoms with Crippen molar-refractivity contribution in [2.75, 3.05) is 0 Å². The molecule has 2 aromatic heterocycles. The number of aromatic nitrogens is 5. The topological polar surface area (TPSA) is 72.3 Å². The molecule has 26 heavy (non-hydrogen) atoms. The SMILES string of the molecule is N#CC(=Cc1cnn(Cc2ccccc2)c1)c1nnc2n1CCCCC2. The lowest BCUT2D eigenvalue weighted by atomic mass is 10.2. The maximum Gasteiger partial charge on any atom is 0.174 e. The van der Waals surface area contributed by atoms with Crippen LogP contribution < -0.4 is 0 Å². The summed E-state index contributed by atoms with van der Waals surface area (Å²) >= 11 is 0. The van der Waals surface area contributed by atoms with Crippen LogP contribution in [0.3, 0.4) is 0 Å². The molecule has 6 nitrogen and oxygen atoms in total. The van der Waals surface area contributed by atoms with E-state index in [9.17, 15) is 5.26 Å². The van der Waals surface area contributed by atoms with Crippen molar-refractivity contribution >= 4 is 11.6 Å². The summed E-state index contributed by atoms with van der Waals surface area (Å²) < 4.78 is 3.97. The Bertz CT molecular complexity index is 958. The van der Waals surface area contributed by atoms with Crippen molar-refractivity contribution in [2.24, 2.45) is 0 Å². The van der Waals surface area contributed by atoms with Crippen molar-refractivity contribution in [3.8, 4) is 6.07 Å². The number of hydrogen-bond acceptors (Lipinski definition) is 4. The fourth-order valence-electron chi connectivity index (χ4n) is 3.31. The summed E-state index contributed by atoms with van der Waals surface area (Å²) in [6, 6.07) is 12.5. The highest BCUT2D eigenvalue weighted by Crippen LogP contribution is 2.21. The minimum absolute atomic E-state index is 0.532. The van der Waals surface area contributed by atoms with Crippen LogP contribution in [0.2, 0.25) is 0 Å². The molecule has 1 aromatic carbocycles. The quantitative estimate of drug-likeness (QED) is 0.681. The molecule has 0 unspecified atom stereocenters. The summed E-state index contributed by atoms with van der Waals surface area (Å²) in [7, 11) is 0. The number of hydrogen-bond donors (Lipinski definition) is 0. The Morgan fingerprint density at radius 1 is 1.15 bits per heavy atom. The van der Waals surface area contributed by atoms with Gasteiger partial charge in [0.1, 0.15) is 11.9 Å². The van der Waals surface area contributed by atoms with Crippen LogP contribution in [0.25, 0.3) is 11.6 Å². The zero-order valence-corrected chi connectivity index (χ0v) is 14.5. The number of nitrogens with zero attached hydrogens (tertiary/aromatic N) is 6. The van der Waals surface area contributed by atoms with E-state index in [0.29, 0.717) is 17.9 Å². The molecule has 0 saturated heterocycles. The van der Waals surface area contributed by atoms with E-state index in [1.54, 1.807) is 6.20 Å². The molecule has 0 bridgehead atoms. The van der Waals surface area contributed by atoms with E-state index in [-0.39, 0.29) is 0 Å². The highest BCUT2D eigenvalue weighted by atomic mass is 15.3. The Kier molecular flexibility index (Phi) is 4.61. The van der Waals surface area contributed by atoms with Crippen LogP contribution in [-0.2, 0) is 19.5 Å². The molecule has 0 fully saturated rings. The summed E-state index contributed by atoms with van der Waals surface area (Å²) in [5, 5.41) is 22.6. The van der Waals surface area contributed by atoms with Crippen molar-refractivity contribution in [1.82, 2.24) is 24.5 Å². The molecule has 6 heteroatoms. The van der Waals surface area contributed by atoms with E-state index in [2.05, 4.69) is 38.1 Å².